The lowest BCUT2D eigenvalue weighted by atomic mass is 10.2. The molecule has 0 amide bonds. The van der Waals surface area contributed by atoms with E-state index in [0.717, 1.165) is 7.11 Å². The van der Waals surface area contributed by atoms with Crippen molar-refractivity contribution >= 4 is 11.9 Å². The van der Waals surface area contributed by atoms with Gasteiger partial charge in [-0.15, -0.1) is 0 Å². The van der Waals surface area contributed by atoms with Crippen LogP contribution in [0.3, 0.4) is 0 Å². The van der Waals surface area contributed by atoms with Crippen molar-refractivity contribution in [2.45, 2.75) is 12.6 Å². The van der Waals surface area contributed by atoms with Gasteiger partial charge in [0.1, 0.15) is 5.57 Å². The summed E-state index contributed by atoms with van der Waals surface area (Å²) in [6.07, 6.45) is -5.76. The van der Waals surface area contributed by atoms with E-state index in [1.807, 2.05) is 0 Å². The quantitative estimate of drug-likeness (QED) is 0.329. The molecule has 0 aromatic heterocycles. The molecule has 0 unspecified atom stereocenters. The average molecular weight is 212 g/mol. The van der Waals surface area contributed by atoms with Gasteiger partial charge in [-0.1, -0.05) is 6.08 Å². The standard InChI is InChI=1S/C7H7F3O4/c1-14-6(13)4(5(11)12)2-3-7(8,9)10/h2H,3H2,1H3,(H,11,12). The van der Waals surface area contributed by atoms with Crippen molar-refractivity contribution in [3.63, 3.8) is 0 Å². The molecule has 0 atom stereocenters. The van der Waals surface area contributed by atoms with Gasteiger partial charge in [-0.05, 0) is 0 Å². The van der Waals surface area contributed by atoms with Crippen molar-refractivity contribution in [1.82, 2.24) is 0 Å². The molecule has 80 valence electrons. The van der Waals surface area contributed by atoms with Crippen molar-refractivity contribution in [2.24, 2.45) is 0 Å². The van der Waals surface area contributed by atoms with Crippen LogP contribution in [0.5, 0.6) is 0 Å². The van der Waals surface area contributed by atoms with Crippen molar-refractivity contribution in [2.75, 3.05) is 7.11 Å². The second kappa shape index (κ2) is 4.64. The predicted octanol–water partition coefficient (Wildman–Crippen LogP) is 1.12. The Balaban J connectivity index is 4.67. The van der Waals surface area contributed by atoms with E-state index in [-0.39, 0.29) is 6.08 Å². The number of hydrogen-bond acceptors (Lipinski definition) is 3. The highest BCUT2D eigenvalue weighted by atomic mass is 19.4. The van der Waals surface area contributed by atoms with E-state index in [0.29, 0.717) is 0 Å². The summed E-state index contributed by atoms with van der Waals surface area (Å²) in [4.78, 5) is 20.9. The number of methoxy groups -OCH3 is 1. The van der Waals surface area contributed by atoms with Crippen molar-refractivity contribution in [3.05, 3.63) is 11.6 Å². The Hall–Kier alpha value is -1.53. The lowest BCUT2D eigenvalue weighted by Crippen LogP contribution is -2.15. The smallest absolute Gasteiger partial charge is 0.392 e. The number of alkyl halides is 3. The first-order valence-electron chi connectivity index (χ1n) is 3.36. The van der Waals surface area contributed by atoms with Crippen molar-refractivity contribution in [3.8, 4) is 0 Å². The summed E-state index contributed by atoms with van der Waals surface area (Å²) in [5.74, 6) is -3.05. The van der Waals surface area contributed by atoms with Crippen LogP contribution >= 0.6 is 0 Å². The van der Waals surface area contributed by atoms with Crippen LogP contribution in [-0.2, 0) is 14.3 Å². The maximum absolute atomic E-state index is 11.7. The van der Waals surface area contributed by atoms with Crippen LogP contribution in [0, 0.1) is 0 Å². The molecule has 4 nitrogen and oxygen atoms in total. The number of carbonyl (C=O) groups excluding carboxylic acids is 1. The van der Waals surface area contributed by atoms with Crippen molar-refractivity contribution < 1.29 is 32.6 Å². The molecule has 0 radical (unpaired) electrons. The minimum Gasteiger partial charge on any atom is -0.477 e. The van der Waals surface area contributed by atoms with Crippen LogP contribution in [0.4, 0.5) is 13.2 Å². The molecule has 0 aromatic rings. The molecule has 0 fully saturated rings. The molecule has 0 aliphatic rings. The Morgan fingerprint density at radius 1 is 1.43 bits per heavy atom. The second-order valence-electron chi connectivity index (χ2n) is 2.23. The molecule has 0 aliphatic heterocycles. The summed E-state index contributed by atoms with van der Waals surface area (Å²) in [6.45, 7) is 0. The van der Waals surface area contributed by atoms with Gasteiger partial charge in [0, 0.05) is 0 Å². The molecule has 7 heteroatoms. The second-order valence-corrected chi connectivity index (χ2v) is 2.23. The fourth-order valence-corrected chi connectivity index (χ4v) is 0.586. The highest BCUT2D eigenvalue weighted by Gasteiger charge is 2.28. The molecule has 14 heavy (non-hydrogen) atoms. The number of carboxylic acid groups (broad SMARTS) is 1. The van der Waals surface area contributed by atoms with Crippen LogP contribution in [0.25, 0.3) is 0 Å². The van der Waals surface area contributed by atoms with Crippen LogP contribution in [0.1, 0.15) is 6.42 Å². The van der Waals surface area contributed by atoms with Gasteiger partial charge >= 0.3 is 18.1 Å². The largest absolute Gasteiger partial charge is 0.477 e. The fraction of sp³-hybridized carbons (Fsp3) is 0.429. The molecule has 0 saturated carbocycles. The zero-order valence-electron chi connectivity index (χ0n) is 7.09. The van der Waals surface area contributed by atoms with Crippen LogP contribution in [-0.4, -0.2) is 30.3 Å². The van der Waals surface area contributed by atoms with E-state index < -0.39 is 30.1 Å². The number of rotatable bonds is 3. The molecular formula is C7H7F3O4. The Bertz CT molecular complexity index is 267. The fourth-order valence-electron chi connectivity index (χ4n) is 0.586. The summed E-state index contributed by atoms with van der Waals surface area (Å²) in [5, 5.41) is 8.34. The van der Waals surface area contributed by atoms with E-state index >= 15 is 0 Å². The molecule has 0 heterocycles. The van der Waals surface area contributed by atoms with Gasteiger partial charge in [-0.2, -0.15) is 13.2 Å². The first kappa shape index (κ1) is 12.5. The highest BCUT2D eigenvalue weighted by molar-refractivity contribution is 6.13. The van der Waals surface area contributed by atoms with E-state index in [1.165, 1.54) is 0 Å². The summed E-state index contributed by atoms with van der Waals surface area (Å²) >= 11 is 0. The Morgan fingerprint density at radius 2 is 1.93 bits per heavy atom. The number of ether oxygens (including phenoxy) is 1. The number of hydrogen-bond donors (Lipinski definition) is 1. The third-order valence-corrected chi connectivity index (χ3v) is 1.17. The van der Waals surface area contributed by atoms with Crippen LogP contribution < -0.4 is 0 Å². The number of esters is 1. The molecule has 1 N–H and O–H groups in total. The summed E-state index contributed by atoms with van der Waals surface area (Å²) in [7, 11) is 0.882. The van der Waals surface area contributed by atoms with Gasteiger partial charge in [0.05, 0.1) is 13.5 Å². The monoisotopic (exact) mass is 212 g/mol. The number of carbonyl (C=O) groups is 2. The topological polar surface area (TPSA) is 63.6 Å². The van der Waals surface area contributed by atoms with Gasteiger partial charge < -0.3 is 9.84 Å². The highest BCUT2D eigenvalue weighted by Crippen LogP contribution is 2.21. The Morgan fingerprint density at radius 3 is 2.21 bits per heavy atom. The normalized spacial score (nSPS) is 12.4. The predicted molar refractivity (Wildman–Crippen MR) is 38.4 cm³/mol. The van der Waals surface area contributed by atoms with Crippen molar-refractivity contribution in [1.29, 1.82) is 0 Å². The van der Waals surface area contributed by atoms with Gasteiger partial charge in [-0.3, -0.25) is 0 Å². The van der Waals surface area contributed by atoms with Gasteiger partial charge in [0.15, 0.2) is 0 Å². The summed E-state index contributed by atoms with van der Waals surface area (Å²) in [6, 6.07) is 0. The summed E-state index contributed by atoms with van der Waals surface area (Å²) in [5.41, 5.74) is -1.02. The minimum absolute atomic E-state index is 0.272. The zero-order valence-corrected chi connectivity index (χ0v) is 7.09. The van der Waals surface area contributed by atoms with E-state index in [4.69, 9.17) is 5.11 Å². The number of halogens is 3. The molecule has 0 spiro atoms. The maximum atomic E-state index is 11.7. The third kappa shape index (κ3) is 4.48. The van der Waals surface area contributed by atoms with Crippen LogP contribution in [0.15, 0.2) is 11.6 Å². The Labute approximate surface area is 77.0 Å². The zero-order chi connectivity index (χ0) is 11.4. The average Bonchev–Trinajstić information content (AvgIpc) is 2.01. The van der Waals surface area contributed by atoms with Gasteiger partial charge in [0.2, 0.25) is 0 Å². The first-order chi connectivity index (χ1) is 6.28. The number of allylic oxidation sites excluding steroid dienone is 1. The van der Waals surface area contributed by atoms with E-state index in [1.54, 1.807) is 0 Å². The Kier molecular flexibility index (Phi) is 4.13. The molecule has 0 saturated heterocycles. The number of aliphatic carboxylic acids is 1. The minimum atomic E-state index is -4.55. The molecule has 0 aliphatic carbocycles. The SMILES string of the molecule is COC(=O)C(=CCC(F)(F)F)C(=O)O. The van der Waals surface area contributed by atoms with E-state index in [2.05, 4.69) is 4.74 Å². The lowest BCUT2D eigenvalue weighted by molar-refractivity contribution is -0.142. The lowest BCUT2D eigenvalue weighted by Gasteiger charge is -2.03. The van der Waals surface area contributed by atoms with E-state index in [9.17, 15) is 22.8 Å². The first-order valence-corrected chi connectivity index (χ1v) is 3.36. The van der Waals surface area contributed by atoms with Gasteiger partial charge in [-0.25, -0.2) is 9.59 Å². The molecule has 0 rings (SSSR count). The summed E-state index contributed by atoms with van der Waals surface area (Å²) < 4.78 is 39.0. The van der Waals surface area contributed by atoms with Crippen LogP contribution in [0.2, 0.25) is 0 Å². The molecule has 0 aromatic carbocycles. The molecule has 0 bridgehead atoms. The van der Waals surface area contributed by atoms with Gasteiger partial charge in [0.25, 0.3) is 0 Å². The number of carboxylic acids is 1. The molecular weight excluding hydrogens is 205 g/mol. The maximum Gasteiger partial charge on any atom is 0.392 e. The third-order valence-electron chi connectivity index (χ3n) is 1.17.